The molecule has 112 valence electrons. The molecular weight excluding hydrogens is 284 g/mol. The number of benzene rings is 1. The fourth-order valence-electron chi connectivity index (χ4n) is 2.28. The van der Waals surface area contributed by atoms with E-state index >= 15 is 0 Å². The zero-order valence-corrected chi connectivity index (χ0v) is 14.0. The minimum absolute atomic E-state index is 0.0559. The fraction of sp³-hybridized carbons (Fsp3) is 0.412. The van der Waals surface area contributed by atoms with Crippen molar-refractivity contribution in [2.24, 2.45) is 7.05 Å². The second-order valence-corrected chi connectivity index (χ2v) is 6.77. The van der Waals surface area contributed by atoms with E-state index in [4.69, 9.17) is 11.6 Å². The maximum atomic E-state index is 12.4. The molecule has 21 heavy (non-hydrogen) atoms. The van der Waals surface area contributed by atoms with Gasteiger partial charge in [-0.3, -0.25) is 9.48 Å². The lowest BCUT2D eigenvalue weighted by Crippen LogP contribution is -2.12. The van der Waals surface area contributed by atoms with Crippen LogP contribution in [0.25, 0.3) is 0 Å². The van der Waals surface area contributed by atoms with Crippen LogP contribution in [0.4, 0.5) is 0 Å². The number of nitrogens with zero attached hydrogens (tertiary/aromatic N) is 2. The van der Waals surface area contributed by atoms with Crippen LogP contribution in [-0.2, 0) is 18.9 Å². The Balaban J connectivity index is 2.21. The third-order valence-corrected chi connectivity index (χ3v) is 4.15. The summed E-state index contributed by atoms with van der Waals surface area (Å²) < 4.78 is 1.68. The average molecular weight is 305 g/mol. The third-order valence-electron chi connectivity index (χ3n) is 3.66. The first-order chi connectivity index (χ1) is 9.70. The highest BCUT2D eigenvalue weighted by Crippen LogP contribution is 2.24. The van der Waals surface area contributed by atoms with Gasteiger partial charge in [-0.05, 0) is 17.9 Å². The molecule has 0 atom stereocenters. The Bertz CT molecular complexity index is 663. The van der Waals surface area contributed by atoms with E-state index in [1.165, 1.54) is 5.56 Å². The Morgan fingerprint density at radius 3 is 2.24 bits per heavy atom. The van der Waals surface area contributed by atoms with Crippen LogP contribution in [0.15, 0.2) is 24.3 Å². The summed E-state index contributed by atoms with van der Waals surface area (Å²) in [5.74, 6) is 0.0559. The first-order valence-electron chi connectivity index (χ1n) is 7.02. The maximum absolute atomic E-state index is 12.4. The van der Waals surface area contributed by atoms with Crippen molar-refractivity contribution in [1.29, 1.82) is 0 Å². The number of ketones is 1. The van der Waals surface area contributed by atoms with E-state index in [1.54, 1.807) is 4.68 Å². The highest BCUT2D eigenvalue weighted by atomic mass is 35.5. The van der Waals surface area contributed by atoms with Gasteiger partial charge in [0.2, 0.25) is 0 Å². The summed E-state index contributed by atoms with van der Waals surface area (Å²) in [6, 6.07) is 7.81. The van der Waals surface area contributed by atoms with Crippen LogP contribution in [0.2, 0.25) is 5.02 Å². The first kappa shape index (κ1) is 15.8. The van der Waals surface area contributed by atoms with Crippen LogP contribution < -0.4 is 0 Å². The topological polar surface area (TPSA) is 34.9 Å². The van der Waals surface area contributed by atoms with Crippen LogP contribution >= 0.6 is 11.6 Å². The average Bonchev–Trinajstić information content (AvgIpc) is 2.64. The molecule has 0 saturated heterocycles. The van der Waals surface area contributed by atoms with E-state index < -0.39 is 0 Å². The lowest BCUT2D eigenvalue weighted by Gasteiger charge is -2.19. The van der Waals surface area contributed by atoms with Gasteiger partial charge in [0.05, 0.1) is 22.8 Å². The molecule has 0 aliphatic carbocycles. The SMILES string of the molecule is Cc1nn(C)c(CC(=O)c2ccc(C(C)(C)C)cc2)c1Cl. The van der Waals surface area contributed by atoms with Crippen LogP contribution in [0.3, 0.4) is 0 Å². The van der Waals surface area contributed by atoms with Gasteiger partial charge in [0, 0.05) is 12.6 Å². The van der Waals surface area contributed by atoms with Crippen LogP contribution in [-0.4, -0.2) is 15.6 Å². The molecule has 4 heteroatoms. The molecule has 1 aromatic heterocycles. The second-order valence-electron chi connectivity index (χ2n) is 6.40. The van der Waals surface area contributed by atoms with Crippen molar-refractivity contribution in [3.63, 3.8) is 0 Å². The minimum Gasteiger partial charge on any atom is -0.294 e. The molecule has 2 rings (SSSR count). The van der Waals surface area contributed by atoms with Crippen molar-refractivity contribution < 1.29 is 4.79 Å². The van der Waals surface area contributed by atoms with E-state index in [-0.39, 0.29) is 17.6 Å². The largest absolute Gasteiger partial charge is 0.294 e. The molecule has 0 bridgehead atoms. The molecule has 0 saturated carbocycles. The zero-order chi connectivity index (χ0) is 15.8. The number of halogens is 1. The molecule has 1 aromatic carbocycles. The predicted octanol–water partition coefficient (Wildman–Crippen LogP) is 4.10. The molecule has 0 amide bonds. The summed E-state index contributed by atoms with van der Waals surface area (Å²) >= 11 is 6.20. The summed E-state index contributed by atoms with van der Waals surface area (Å²) in [4.78, 5) is 12.4. The van der Waals surface area contributed by atoms with Crippen molar-refractivity contribution >= 4 is 17.4 Å². The Morgan fingerprint density at radius 1 is 1.24 bits per heavy atom. The molecule has 0 aliphatic heterocycles. The normalized spacial score (nSPS) is 11.7. The number of hydrogen-bond donors (Lipinski definition) is 0. The van der Waals surface area contributed by atoms with E-state index in [1.807, 2.05) is 38.2 Å². The van der Waals surface area contributed by atoms with Crippen molar-refractivity contribution in [2.45, 2.75) is 39.5 Å². The number of aryl methyl sites for hydroxylation is 2. The van der Waals surface area contributed by atoms with Gasteiger partial charge in [-0.15, -0.1) is 0 Å². The molecule has 0 N–H and O–H groups in total. The maximum Gasteiger partial charge on any atom is 0.168 e. The lowest BCUT2D eigenvalue weighted by molar-refractivity contribution is 0.0990. The molecule has 0 fully saturated rings. The van der Waals surface area contributed by atoms with Crippen LogP contribution in [0.1, 0.15) is 48.1 Å². The summed E-state index contributed by atoms with van der Waals surface area (Å²) in [6.07, 6.45) is 0.269. The highest BCUT2D eigenvalue weighted by molar-refractivity contribution is 6.32. The minimum atomic E-state index is 0.0559. The molecule has 0 aliphatic rings. The second kappa shape index (κ2) is 5.64. The summed E-state index contributed by atoms with van der Waals surface area (Å²) in [5, 5.41) is 4.82. The zero-order valence-electron chi connectivity index (χ0n) is 13.2. The summed E-state index contributed by atoms with van der Waals surface area (Å²) in [7, 11) is 1.81. The van der Waals surface area contributed by atoms with Gasteiger partial charge in [0.1, 0.15) is 0 Å². The van der Waals surface area contributed by atoms with Crippen LogP contribution in [0.5, 0.6) is 0 Å². The van der Waals surface area contributed by atoms with Crippen molar-refractivity contribution in [2.75, 3.05) is 0 Å². The summed E-state index contributed by atoms with van der Waals surface area (Å²) in [5.41, 5.74) is 3.53. The molecule has 2 aromatic rings. The van der Waals surface area contributed by atoms with Gasteiger partial charge in [-0.2, -0.15) is 5.10 Å². The highest BCUT2D eigenvalue weighted by Gasteiger charge is 2.17. The number of aromatic nitrogens is 2. The quantitative estimate of drug-likeness (QED) is 0.800. The Hall–Kier alpha value is -1.61. The van der Waals surface area contributed by atoms with Gasteiger partial charge in [0.25, 0.3) is 0 Å². The number of carbonyl (C=O) groups excluding carboxylic acids is 1. The summed E-state index contributed by atoms with van der Waals surface area (Å²) in [6.45, 7) is 8.31. The number of hydrogen-bond acceptors (Lipinski definition) is 2. The Kier molecular flexibility index (Phi) is 4.24. The predicted molar refractivity (Wildman–Crippen MR) is 86.1 cm³/mol. The monoisotopic (exact) mass is 304 g/mol. The van der Waals surface area contributed by atoms with Gasteiger partial charge >= 0.3 is 0 Å². The van der Waals surface area contributed by atoms with Gasteiger partial charge < -0.3 is 0 Å². The van der Waals surface area contributed by atoms with E-state index in [0.717, 1.165) is 11.4 Å². The molecule has 0 unspecified atom stereocenters. The number of carbonyl (C=O) groups is 1. The Morgan fingerprint density at radius 2 is 1.81 bits per heavy atom. The molecule has 1 heterocycles. The van der Waals surface area contributed by atoms with Gasteiger partial charge in [-0.1, -0.05) is 56.6 Å². The lowest BCUT2D eigenvalue weighted by atomic mass is 9.86. The first-order valence-corrected chi connectivity index (χ1v) is 7.39. The van der Waals surface area contributed by atoms with Gasteiger partial charge in [0.15, 0.2) is 5.78 Å². The van der Waals surface area contributed by atoms with E-state index in [9.17, 15) is 4.79 Å². The Labute approximate surface area is 130 Å². The smallest absolute Gasteiger partial charge is 0.168 e. The van der Waals surface area contributed by atoms with Crippen molar-refractivity contribution in [3.8, 4) is 0 Å². The van der Waals surface area contributed by atoms with Crippen molar-refractivity contribution in [3.05, 3.63) is 51.8 Å². The van der Waals surface area contributed by atoms with Gasteiger partial charge in [-0.25, -0.2) is 0 Å². The fourth-order valence-corrected chi connectivity index (χ4v) is 2.51. The number of Topliss-reactive ketones (excluding diaryl/α,β-unsaturated/α-hetero) is 1. The van der Waals surface area contributed by atoms with Crippen molar-refractivity contribution in [1.82, 2.24) is 9.78 Å². The number of rotatable bonds is 3. The molecule has 3 nitrogen and oxygen atoms in total. The molecular formula is C17H21ClN2O. The van der Waals surface area contributed by atoms with E-state index in [0.29, 0.717) is 10.6 Å². The van der Waals surface area contributed by atoms with E-state index in [2.05, 4.69) is 25.9 Å². The molecule has 0 spiro atoms. The van der Waals surface area contributed by atoms with Crippen LogP contribution in [0, 0.1) is 6.92 Å². The molecule has 0 radical (unpaired) electrons. The standard InChI is InChI=1S/C17H21ClN2O/c1-11-16(18)14(20(5)19-11)10-15(21)12-6-8-13(9-7-12)17(2,3)4/h6-9H,10H2,1-5H3. The third kappa shape index (κ3) is 3.35.